The molecule has 0 aromatic heterocycles. The fourth-order valence-corrected chi connectivity index (χ4v) is 3.54. The van der Waals surface area contributed by atoms with Crippen LogP contribution in [0.1, 0.15) is 30.9 Å². The number of nitrogens with zero attached hydrogens (tertiary/aromatic N) is 1. The molecule has 1 N–H and O–H groups in total. The van der Waals surface area contributed by atoms with Crippen molar-refractivity contribution in [3.05, 3.63) is 53.6 Å². The minimum atomic E-state index is -0.537. The topological polar surface area (TPSA) is 77.1 Å². The molecule has 1 aliphatic rings. The summed E-state index contributed by atoms with van der Waals surface area (Å²) < 4.78 is 16.0. The molecule has 0 saturated heterocycles. The Labute approximate surface area is 176 Å². The smallest absolute Gasteiger partial charge is 0.242 e. The fraction of sp³-hybridized carbons (Fsp3) is 0.391. The highest BCUT2D eigenvalue weighted by molar-refractivity contribution is 5.87. The third-order valence-corrected chi connectivity index (χ3v) is 5.18. The van der Waals surface area contributed by atoms with Gasteiger partial charge in [0.15, 0.2) is 11.5 Å². The molecule has 0 fully saturated rings. The summed E-state index contributed by atoms with van der Waals surface area (Å²) in [6.45, 7) is 2.46. The SMILES string of the molecule is CC[C@H](C(=O)NC)N(Cc1cccc(OC)c1)C(=O)CCc1ccc2c(c1)OCO2. The lowest BCUT2D eigenvalue weighted by Crippen LogP contribution is -2.48. The van der Waals surface area contributed by atoms with Crippen molar-refractivity contribution in [3.63, 3.8) is 0 Å². The number of ether oxygens (including phenoxy) is 3. The van der Waals surface area contributed by atoms with Gasteiger partial charge in [0.1, 0.15) is 11.8 Å². The molecule has 1 atom stereocenters. The van der Waals surface area contributed by atoms with E-state index in [1.165, 1.54) is 0 Å². The van der Waals surface area contributed by atoms with Gasteiger partial charge >= 0.3 is 0 Å². The van der Waals surface area contributed by atoms with E-state index in [-0.39, 0.29) is 25.0 Å². The van der Waals surface area contributed by atoms with Crippen LogP contribution in [0.4, 0.5) is 0 Å². The zero-order chi connectivity index (χ0) is 21.5. The molecule has 7 nitrogen and oxygen atoms in total. The van der Waals surface area contributed by atoms with Crippen LogP contribution in [0.25, 0.3) is 0 Å². The molecule has 0 aliphatic carbocycles. The fourth-order valence-electron chi connectivity index (χ4n) is 3.54. The summed E-state index contributed by atoms with van der Waals surface area (Å²) in [6, 6.07) is 12.7. The standard InChI is InChI=1S/C23H28N2O5/c1-4-19(23(27)24-2)25(14-17-6-5-7-18(12-17)28-3)22(26)11-9-16-8-10-20-21(13-16)30-15-29-20/h5-8,10,12-13,19H,4,9,11,14-15H2,1-3H3,(H,24,27)/t19-/m1/s1. The van der Waals surface area contributed by atoms with E-state index in [2.05, 4.69) is 5.32 Å². The molecular formula is C23H28N2O5. The molecule has 0 saturated carbocycles. The first-order valence-corrected chi connectivity index (χ1v) is 10.1. The Morgan fingerprint density at radius 1 is 1.13 bits per heavy atom. The minimum absolute atomic E-state index is 0.0778. The average Bonchev–Trinajstić information content (AvgIpc) is 3.25. The van der Waals surface area contributed by atoms with E-state index in [1.807, 2.05) is 49.4 Å². The third-order valence-electron chi connectivity index (χ3n) is 5.18. The maximum atomic E-state index is 13.2. The van der Waals surface area contributed by atoms with E-state index in [4.69, 9.17) is 14.2 Å². The number of fused-ring (bicyclic) bond motifs is 1. The van der Waals surface area contributed by atoms with Crippen molar-refractivity contribution in [1.82, 2.24) is 10.2 Å². The predicted molar refractivity (Wildman–Crippen MR) is 113 cm³/mol. The number of hydrogen-bond donors (Lipinski definition) is 1. The molecule has 1 aliphatic heterocycles. The van der Waals surface area contributed by atoms with Gasteiger partial charge in [-0.05, 0) is 48.2 Å². The van der Waals surface area contributed by atoms with Gasteiger partial charge in [0.25, 0.3) is 0 Å². The molecule has 160 valence electrons. The normalized spacial score (nSPS) is 12.9. The highest BCUT2D eigenvalue weighted by atomic mass is 16.7. The van der Waals surface area contributed by atoms with E-state index in [1.54, 1.807) is 19.1 Å². The molecule has 0 unspecified atom stereocenters. The van der Waals surface area contributed by atoms with Gasteiger partial charge in [-0.1, -0.05) is 25.1 Å². The van der Waals surface area contributed by atoms with Crippen molar-refractivity contribution in [2.75, 3.05) is 21.0 Å². The number of hydrogen-bond acceptors (Lipinski definition) is 5. The molecule has 1 heterocycles. The van der Waals surface area contributed by atoms with Gasteiger partial charge in [-0.25, -0.2) is 0 Å². The van der Waals surface area contributed by atoms with Crippen molar-refractivity contribution in [2.24, 2.45) is 0 Å². The molecule has 3 rings (SSSR count). The summed E-state index contributed by atoms with van der Waals surface area (Å²) in [6.07, 6.45) is 1.37. The summed E-state index contributed by atoms with van der Waals surface area (Å²) in [5.74, 6) is 1.89. The van der Waals surface area contributed by atoms with E-state index < -0.39 is 6.04 Å². The zero-order valence-electron chi connectivity index (χ0n) is 17.6. The monoisotopic (exact) mass is 412 g/mol. The number of carbonyl (C=O) groups is 2. The number of amides is 2. The Morgan fingerprint density at radius 2 is 1.93 bits per heavy atom. The van der Waals surface area contributed by atoms with Crippen molar-refractivity contribution >= 4 is 11.8 Å². The summed E-state index contributed by atoms with van der Waals surface area (Å²) in [4.78, 5) is 27.3. The summed E-state index contributed by atoms with van der Waals surface area (Å²) in [7, 11) is 3.19. The Bertz CT molecular complexity index is 899. The molecule has 7 heteroatoms. The molecule has 2 aromatic rings. The highest BCUT2D eigenvalue weighted by Crippen LogP contribution is 2.32. The Balaban J connectivity index is 1.75. The van der Waals surface area contributed by atoms with Gasteiger partial charge < -0.3 is 24.4 Å². The molecule has 2 amide bonds. The second-order valence-corrected chi connectivity index (χ2v) is 7.10. The second-order valence-electron chi connectivity index (χ2n) is 7.10. The molecule has 0 radical (unpaired) electrons. The van der Waals surface area contributed by atoms with Gasteiger partial charge in [-0.15, -0.1) is 0 Å². The highest BCUT2D eigenvalue weighted by Gasteiger charge is 2.28. The van der Waals surface area contributed by atoms with E-state index in [9.17, 15) is 9.59 Å². The molecule has 30 heavy (non-hydrogen) atoms. The number of aryl methyl sites for hydroxylation is 1. The van der Waals surface area contributed by atoms with Gasteiger partial charge in [0.2, 0.25) is 18.6 Å². The summed E-state index contributed by atoms with van der Waals surface area (Å²) >= 11 is 0. The first kappa shape index (κ1) is 21.5. The van der Waals surface area contributed by atoms with Crippen molar-refractivity contribution in [3.8, 4) is 17.2 Å². The number of methoxy groups -OCH3 is 1. The van der Waals surface area contributed by atoms with Crippen molar-refractivity contribution in [2.45, 2.75) is 38.8 Å². The van der Waals surface area contributed by atoms with Crippen LogP contribution in [0.2, 0.25) is 0 Å². The first-order valence-electron chi connectivity index (χ1n) is 10.1. The quantitative estimate of drug-likeness (QED) is 0.685. The maximum absolute atomic E-state index is 13.2. The maximum Gasteiger partial charge on any atom is 0.242 e. The van der Waals surface area contributed by atoms with Gasteiger partial charge in [-0.3, -0.25) is 9.59 Å². The van der Waals surface area contributed by atoms with Crippen molar-refractivity contribution < 1.29 is 23.8 Å². The predicted octanol–water partition coefficient (Wildman–Crippen LogP) is 2.91. The molecular weight excluding hydrogens is 384 g/mol. The summed E-state index contributed by atoms with van der Waals surface area (Å²) in [5.41, 5.74) is 1.90. The number of rotatable bonds is 9. The Hall–Kier alpha value is -3.22. The summed E-state index contributed by atoms with van der Waals surface area (Å²) in [5, 5.41) is 2.67. The zero-order valence-corrected chi connectivity index (χ0v) is 17.6. The Kier molecular flexibility index (Phi) is 7.17. The van der Waals surface area contributed by atoms with E-state index in [0.29, 0.717) is 30.9 Å². The van der Waals surface area contributed by atoms with Crippen LogP contribution in [-0.2, 0) is 22.6 Å². The van der Waals surface area contributed by atoms with Crippen LogP contribution < -0.4 is 19.5 Å². The third kappa shape index (κ3) is 5.03. The minimum Gasteiger partial charge on any atom is -0.497 e. The van der Waals surface area contributed by atoms with Crippen LogP contribution in [0, 0.1) is 0 Å². The van der Waals surface area contributed by atoms with Crippen LogP contribution in [-0.4, -0.2) is 43.7 Å². The Morgan fingerprint density at radius 3 is 2.67 bits per heavy atom. The average molecular weight is 412 g/mol. The van der Waals surface area contributed by atoms with Gasteiger partial charge in [-0.2, -0.15) is 0 Å². The number of benzene rings is 2. The van der Waals surface area contributed by atoms with Crippen LogP contribution in [0.5, 0.6) is 17.2 Å². The second kappa shape index (κ2) is 10.0. The number of likely N-dealkylation sites (N-methyl/N-ethyl adjacent to an activating group) is 1. The van der Waals surface area contributed by atoms with Crippen LogP contribution in [0.3, 0.4) is 0 Å². The van der Waals surface area contributed by atoms with Gasteiger partial charge in [0, 0.05) is 20.0 Å². The van der Waals surface area contributed by atoms with Crippen molar-refractivity contribution in [1.29, 1.82) is 0 Å². The number of nitrogens with one attached hydrogen (secondary N) is 1. The molecule has 2 aromatic carbocycles. The van der Waals surface area contributed by atoms with Gasteiger partial charge in [0.05, 0.1) is 7.11 Å². The number of carbonyl (C=O) groups excluding carboxylic acids is 2. The lowest BCUT2D eigenvalue weighted by molar-refractivity contribution is -0.141. The molecule has 0 bridgehead atoms. The lowest BCUT2D eigenvalue weighted by atomic mass is 10.1. The first-order chi connectivity index (χ1) is 14.5. The molecule has 0 spiro atoms. The van der Waals surface area contributed by atoms with E-state index >= 15 is 0 Å². The lowest BCUT2D eigenvalue weighted by Gasteiger charge is -2.30. The van der Waals surface area contributed by atoms with Crippen LogP contribution in [0.15, 0.2) is 42.5 Å². The van der Waals surface area contributed by atoms with Crippen LogP contribution >= 0.6 is 0 Å². The van der Waals surface area contributed by atoms with E-state index in [0.717, 1.165) is 16.9 Å². The largest absolute Gasteiger partial charge is 0.497 e.